The van der Waals surface area contributed by atoms with Crippen molar-refractivity contribution in [2.24, 2.45) is 0 Å². The van der Waals surface area contributed by atoms with Crippen molar-refractivity contribution in [3.8, 4) is 11.5 Å². The first-order chi connectivity index (χ1) is 14.2. The maximum absolute atomic E-state index is 12.6. The number of esters is 2. The highest BCUT2D eigenvalue weighted by molar-refractivity contribution is 7.16. The predicted molar refractivity (Wildman–Crippen MR) is 106 cm³/mol. The second kappa shape index (κ2) is 8.79. The molecule has 0 fully saturated rings. The van der Waals surface area contributed by atoms with E-state index in [0.29, 0.717) is 13.2 Å². The van der Waals surface area contributed by atoms with Crippen molar-refractivity contribution in [1.29, 1.82) is 0 Å². The van der Waals surface area contributed by atoms with Crippen molar-refractivity contribution < 1.29 is 28.5 Å². The third-order valence-electron chi connectivity index (χ3n) is 4.20. The molecule has 0 bridgehead atoms. The van der Waals surface area contributed by atoms with Crippen LogP contribution in [-0.2, 0) is 22.7 Å². The van der Waals surface area contributed by atoms with E-state index in [4.69, 9.17) is 18.9 Å². The first-order valence-electron chi connectivity index (χ1n) is 9.07. The van der Waals surface area contributed by atoms with Crippen molar-refractivity contribution in [2.45, 2.75) is 13.2 Å². The van der Waals surface area contributed by atoms with Crippen LogP contribution in [-0.4, -0.2) is 25.2 Å². The highest BCUT2D eigenvalue weighted by Crippen LogP contribution is 2.44. The van der Waals surface area contributed by atoms with Crippen LogP contribution in [0.3, 0.4) is 0 Å². The summed E-state index contributed by atoms with van der Waals surface area (Å²) in [6.45, 7) is 0.838. The maximum atomic E-state index is 12.6. The summed E-state index contributed by atoms with van der Waals surface area (Å²) >= 11 is 0.963. The molecule has 0 saturated heterocycles. The number of ether oxygens (including phenoxy) is 4. The van der Waals surface area contributed by atoms with Gasteiger partial charge in [-0.05, 0) is 11.1 Å². The van der Waals surface area contributed by atoms with E-state index < -0.39 is 11.9 Å². The van der Waals surface area contributed by atoms with Crippen LogP contribution < -0.4 is 9.47 Å². The molecule has 2 aromatic carbocycles. The Balaban J connectivity index is 1.50. The minimum atomic E-state index is -0.567. The normalized spacial score (nSPS) is 12.3. The summed E-state index contributed by atoms with van der Waals surface area (Å²) in [5.41, 5.74) is 1.73. The van der Waals surface area contributed by atoms with Crippen LogP contribution in [0.15, 0.2) is 60.7 Å². The van der Waals surface area contributed by atoms with Crippen LogP contribution in [0.25, 0.3) is 0 Å². The predicted octanol–water partition coefficient (Wildman–Crippen LogP) is 4.23. The monoisotopic (exact) mass is 410 g/mol. The zero-order valence-electron chi connectivity index (χ0n) is 15.5. The lowest BCUT2D eigenvalue weighted by molar-refractivity contribution is 0.0457. The van der Waals surface area contributed by atoms with Gasteiger partial charge in [0.25, 0.3) is 0 Å². The summed E-state index contributed by atoms with van der Waals surface area (Å²) in [5.74, 6) is -0.651. The van der Waals surface area contributed by atoms with Gasteiger partial charge in [-0.25, -0.2) is 9.59 Å². The fourth-order valence-electron chi connectivity index (χ4n) is 2.80. The minimum Gasteiger partial charge on any atom is -0.484 e. The van der Waals surface area contributed by atoms with Gasteiger partial charge in [-0.15, -0.1) is 11.3 Å². The lowest BCUT2D eigenvalue weighted by Crippen LogP contribution is -2.17. The van der Waals surface area contributed by atoms with Gasteiger partial charge in [-0.1, -0.05) is 60.7 Å². The summed E-state index contributed by atoms with van der Waals surface area (Å²) in [6, 6.07) is 18.7. The summed E-state index contributed by atoms with van der Waals surface area (Å²) < 4.78 is 22.0. The van der Waals surface area contributed by atoms with Crippen LogP contribution in [0, 0.1) is 0 Å². The summed E-state index contributed by atoms with van der Waals surface area (Å²) in [4.78, 5) is 25.6. The van der Waals surface area contributed by atoms with E-state index in [2.05, 4.69) is 0 Å². The first kappa shape index (κ1) is 19.0. The third kappa shape index (κ3) is 4.41. The molecule has 0 atom stereocenters. The largest absolute Gasteiger partial charge is 0.484 e. The standard InChI is InChI=1S/C22H18O6S/c23-21(27-13-15-7-3-1-4-8-15)19-17-18(26-12-11-25-17)20(29-19)22(24)28-14-16-9-5-2-6-10-16/h1-10H,11-14H2. The van der Waals surface area contributed by atoms with Crippen molar-refractivity contribution in [3.05, 3.63) is 81.5 Å². The maximum Gasteiger partial charge on any atom is 0.352 e. The molecule has 4 rings (SSSR count). The zero-order valence-corrected chi connectivity index (χ0v) is 16.3. The minimum absolute atomic E-state index is 0.126. The van der Waals surface area contributed by atoms with Gasteiger partial charge in [-0.2, -0.15) is 0 Å². The second-order valence-corrected chi connectivity index (χ2v) is 7.26. The summed E-state index contributed by atoms with van der Waals surface area (Å²) in [7, 11) is 0. The fraction of sp³-hybridized carbons (Fsp3) is 0.182. The highest BCUT2D eigenvalue weighted by atomic mass is 32.1. The fourth-order valence-corrected chi connectivity index (χ4v) is 3.77. The van der Waals surface area contributed by atoms with E-state index in [1.165, 1.54) is 0 Å². The molecular weight excluding hydrogens is 392 g/mol. The van der Waals surface area contributed by atoms with Gasteiger partial charge < -0.3 is 18.9 Å². The molecule has 1 aromatic heterocycles. The Labute approximate surface area is 171 Å². The molecule has 0 N–H and O–H groups in total. The Bertz CT molecular complexity index is 917. The zero-order chi connectivity index (χ0) is 20.1. The molecule has 0 radical (unpaired) electrons. The highest BCUT2D eigenvalue weighted by Gasteiger charge is 2.33. The number of rotatable bonds is 6. The number of carbonyl (C=O) groups excluding carboxylic acids is 2. The topological polar surface area (TPSA) is 71.1 Å². The lowest BCUT2D eigenvalue weighted by Gasteiger charge is -2.16. The molecule has 29 heavy (non-hydrogen) atoms. The molecule has 1 aliphatic rings. The van der Waals surface area contributed by atoms with Crippen LogP contribution in [0.1, 0.15) is 30.5 Å². The van der Waals surface area contributed by atoms with Gasteiger partial charge in [0, 0.05) is 0 Å². The average molecular weight is 410 g/mol. The van der Waals surface area contributed by atoms with E-state index in [1.807, 2.05) is 60.7 Å². The van der Waals surface area contributed by atoms with Crippen molar-refractivity contribution in [2.75, 3.05) is 13.2 Å². The molecule has 0 aliphatic carbocycles. The quantitative estimate of drug-likeness (QED) is 0.566. The van der Waals surface area contributed by atoms with Gasteiger partial charge in [0.15, 0.2) is 21.3 Å². The summed E-state index contributed by atoms with van der Waals surface area (Å²) in [5, 5.41) is 0. The van der Waals surface area contributed by atoms with E-state index in [0.717, 1.165) is 22.5 Å². The van der Waals surface area contributed by atoms with Gasteiger partial charge in [0.05, 0.1) is 0 Å². The van der Waals surface area contributed by atoms with Gasteiger partial charge in [-0.3, -0.25) is 0 Å². The van der Waals surface area contributed by atoms with E-state index in [-0.39, 0.29) is 34.5 Å². The van der Waals surface area contributed by atoms with E-state index >= 15 is 0 Å². The van der Waals surface area contributed by atoms with Crippen molar-refractivity contribution >= 4 is 23.3 Å². The molecule has 1 aliphatic heterocycles. The first-order valence-corrected chi connectivity index (χ1v) is 9.88. The van der Waals surface area contributed by atoms with Crippen molar-refractivity contribution in [1.82, 2.24) is 0 Å². The van der Waals surface area contributed by atoms with Gasteiger partial charge in [0.2, 0.25) is 0 Å². The summed E-state index contributed by atoms with van der Waals surface area (Å²) in [6.07, 6.45) is 0. The smallest absolute Gasteiger partial charge is 0.352 e. The molecule has 3 aromatic rings. The third-order valence-corrected chi connectivity index (χ3v) is 5.31. The molecule has 0 saturated carbocycles. The molecule has 148 valence electrons. The Morgan fingerprint density at radius 1 is 0.724 bits per heavy atom. The molecule has 0 spiro atoms. The Morgan fingerprint density at radius 3 is 1.55 bits per heavy atom. The average Bonchev–Trinajstić information content (AvgIpc) is 3.17. The molecule has 0 unspecified atom stereocenters. The Kier molecular flexibility index (Phi) is 5.76. The number of fused-ring (bicyclic) bond motifs is 1. The SMILES string of the molecule is O=C(OCc1ccccc1)c1sc(C(=O)OCc2ccccc2)c2c1OCCO2. The van der Waals surface area contributed by atoms with Gasteiger partial charge in [0.1, 0.15) is 26.4 Å². The van der Waals surface area contributed by atoms with Crippen LogP contribution in [0.2, 0.25) is 0 Å². The van der Waals surface area contributed by atoms with Crippen molar-refractivity contribution in [3.63, 3.8) is 0 Å². The Morgan fingerprint density at radius 2 is 1.14 bits per heavy atom. The van der Waals surface area contributed by atoms with Crippen LogP contribution in [0.5, 0.6) is 11.5 Å². The van der Waals surface area contributed by atoms with Crippen LogP contribution in [0.4, 0.5) is 0 Å². The molecule has 6 nitrogen and oxygen atoms in total. The lowest BCUT2D eigenvalue weighted by atomic mass is 10.2. The number of carbonyl (C=O) groups is 2. The number of hydrogen-bond acceptors (Lipinski definition) is 7. The number of hydrogen-bond donors (Lipinski definition) is 0. The Hall–Kier alpha value is -3.32. The van der Waals surface area contributed by atoms with Crippen LogP contribution >= 0.6 is 11.3 Å². The molecule has 7 heteroatoms. The second-order valence-electron chi connectivity index (χ2n) is 6.24. The van der Waals surface area contributed by atoms with E-state index in [9.17, 15) is 9.59 Å². The molecular formula is C22H18O6S. The molecule has 2 heterocycles. The molecule has 0 amide bonds. The number of thiophene rings is 1. The van der Waals surface area contributed by atoms with E-state index in [1.54, 1.807) is 0 Å². The van der Waals surface area contributed by atoms with Gasteiger partial charge >= 0.3 is 11.9 Å². The number of benzene rings is 2.